The second kappa shape index (κ2) is 7.24. The topological polar surface area (TPSA) is 21.3 Å². The predicted octanol–water partition coefficient (Wildman–Crippen LogP) is 2.72. The predicted molar refractivity (Wildman–Crippen MR) is 60.6 cm³/mol. The summed E-state index contributed by atoms with van der Waals surface area (Å²) in [5, 5.41) is 3.61. The lowest BCUT2D eigenvalue weighted by atomic mass is 10.2. The molecule has 1 N–H and O–H groups in total. The summed E-state index contributed by atoms with van der Waals surface area (Å²) in [7, 11) is 0. The molecule has 0 radical (unpaired) electrons. The van der Waals surface area contributed by atoms with Gasteiger partial charge in [0.2, 0.25) is 0 Å². The summed E-state index contributed by atoms with van der Waals surface area (Å²) < 4.78 is 5.49. The maximum absolute atomic E-state index is 5.49. The summed E-state index contributed by atoms with van der Waals surface area (Å²) in [5.41, 5.74) is 0. The second-order valence-corrected chi connectivity index (χ2v) is 4.56. The number of hydrogen-bond acceptors (Lipinski definition) is 2. The van der Waals surface area contributed by atoms with E-state index in [0.29, 0.717) is 6.10 Å². The summed E-state index contributed by atoms with van der Waals surface area (Å²) in [6.45, 7) is 6.28. The molecule has 0 amide bonds. The van der Waals surface area contributed by atoms with Crippen LogP contribution in [0.1, 0.15) is 52.4 Å². The molecule has 2 heteroatoms. The molecule has 14 heavy (non-hydrogen) atoms. The van der Waals surface area contributed by atoms with Crippen molar-refractivity contribution in [3.8, 4) is 0 Å². The Morgan fingerprint density at radius 2 is 1.93 bits per heavy atom. The highest BCUT2D eigenvalue weighted by Crippen LogP contribution is 2.17. The minimum absolute atomic E-state index is 0.387. The molecule has 1 aliphatic rings. The van der Waals surface area contributed by atoms with Crippen LogP contribution in [0.3, 0.4) is 0 Å². The van der Waals surface area contributed by atoms with Gasteiger partial charge in [0.25, 0.3) is 0 Å². The Balaban J connectivity index is 1.79. The van der Waals surface area contributed by atoms with Crippen LogP contribution in [-0.4, -0.2) is 25.3 Å². The maximum atomic E-state index is 5.49. The van der Waals surface area contributed by atoms with E-state index in [4.69, 9.17) is 4.74 Å². The van der Waals surface area contributed by atoms with Gasteiger partial charge in [0.15, 0.2) is 0 Å². The first-order valence-electron chi connectivity index (χ1n) is 6.14. The Kier molecular flexibility index (Phi) is 6.20. The number of rotatable bonds is 7. The van der Waals surface area contributed by atoms with Crippen LogP contribution in [0.25, 0.3) is 0 Å². The Hall–Kier alpha value is -0.0800. The molecule has 0 spiro atoms. The smallest absolute Gasteiger partial charge is 0.0518 e. The van der Waals surface area contributed by atoms with Crippen molar-refractivity contribution >= 4 is 0 Å². The van der Waals surface area contributed by atoms with E-state index in [1.54, 1.807) is 0 Å². The van der Waals surface area contributed by atoms with Crippen LogP contribution in [-0.2, 0) is 4.74 Å². The van der Waals surface area contributed by atoms with E-state index in [2.05, 4.69) is 19.2 Å². The normalized spacial score (nSPS) is 18.2. The van der Waals surface area contributed by atoms with Gasteiger partial charge >= 0.3 is 0 Å². The molecule has 0 aromatic heterocycles. The van der Waals surface area contributed by atoms with Gasteiger partial charge in [0, 0.05) is 12.6 Å². The largest absolute Gasteiger partial charge is 0.379 e. The minimum atomic E-state index is 0.387. The molecule has 0 heterocycles. The van der Waals surface area contributed by atoms with E-state index in [1.807, 2.05) is 0 Å². The summed E-state index contributed by atoms with van der Waals surface area (Å²) in [6.07, 6.45) is 8.46. The molecule has 84 valence electrons. The van der Waals surface area contributed by atoms with Crippen molar-refractivity contribution in [2.45, 2.75) is 64.5 Å². The first kappa shape index (κ1) is 12.0. The fourth-order valence-corrected chi connectivity index (χ4v) is 1.98. The molecular weight excluding hydrogens is 174 g/mol. The van der Waals surface area contributed by atoms with E-state index >= 15 is 0 Å². The molecule has 0 aromatic rings. The summed E-state index contributed by atoms with van der Waals surface area (Å²) in [4.78, 5) is 0. The van der Waals surface area contributed by atoms with Gasteiger partial charge in [0.1, 0.15) is 0 Å². The average molecular weight is 199 g/mol. The average Bonchev–Trinajstić information content (AvgIpc) is 2.63. The fourth-order valence-electron chi connectivity index (χ4n) is 1.98. The number of hydrogen-bond donors (Lipinski definition) is 1. The van der Waals surface area contributed by atoms with E-state index in [1.165, 1.54) is 45.1 Å². The van der Waals surface area contributed by atoms with Gasteiger partial charge in [-0.3, -0.25) is 0 Å². The Morgan fingerprint density at radius 3 is 2.57 bits per heavy atom. The molecule has 1 fully saturated rings. The number of unbranched alkanes of at least 4 members (excludes halogenated alkanes) is 1. The van der Waals surface area contributed by atoms with Crippen molar-refractivity contribution < 1.29 is 4.74 Å². The van der Waals surface area contributed by atoms with Gasteiger partial charge in [-0.1, -0.05) is 12.8 Å². The highest BCUT2D eigenvalue weighted by molar-refractivity contribution is 4.73. The van der Waals surface area contributed by atoms with Gasteiger partial charge in [-0.15, -0.1) is 0 Å². The Bertz CT molecular complexity index is 130. The van der Waals surface area contributed by atoms with Crippen LogP contribution < -0.4 is 5.32 Å². The zero-order chi connectivity index (χ0) is 10.2. The van der Waals surface area contributed by atoms with E-state index in [9.17, 15) is 0 Å². The maximum Gasteiger partial charge on any atom is 0.0518 e. The lowest BCUT2D eigenvalue weighted by molar-refractivity contribution is 0.0759. The zero-order valence-corrected chi connectivity index (χ0v) is 9.72. The van der Waals surface area contributed by atoms with Crippen molar-refractivity contribution in [1.82, 2.24) is 5.32 Å². The Morgan fingerprint density at radius 1 is 1.21 bits per heavy atom. The molecule has 2 nitrogen and oxygen atoms in total. The molecule has 1 rings (SSSR count). The third kappa shape index (κ3) is 5.61. The van der Waals surface area contributed by atoms with Gasteiger partial charge in [0.05, 0.1) is 6.10 Å². The fraction of sp³-hybridized carbons (Fsp3) is 1.00. The third-order valence-electron chi connectivity index (χ3n) is 2.81. The van der Waals surface area contributed by atoms with Crippen LogP contribution in [0.5, 0.6) is 0 Å². The van der Waals surface area contributed by atoms with Crippen LogP contribution in [0.2, 0.25) is 0 Å². The van der Waals surface area contributed by atoms with Gasteiger partial charge in [-0.2, -0.15) is 0 Å². The zero-order valence-electron chi connectivity index (χ0n) is 9.72. The molecule has 0 aliphatic heterocycles. The van der Waals surface area contributed by atoms with E-state index in [0.717, 1.165) is 12.6 Å². The highest BCUT2D eigenvalue weighted by Gasteiger charge is 2.12. The first-order valence-corrected chi connectivity index (χ1v) is 6.14. The van der Waals surface area contributed by atoms with Crippen molar-refractivity contribution in [2.75, 3.05) is 13.2 Å². The minimum Gasteiger partial charge on any atom is -0.379 e. The summed E-state index contributed by atoms with van der Waals surface area (Å²) in [6, 6.07) is 0.820. The van der Waals surface area contributed by atoms with E-state index < -0.39 is 0 Å². The molecule has 0 unspecified atom stereocenters. The number of ether oxygens (including phenoxy) is 1. The molecule has 0 atom stereocenters. The monoisotopic (exact) mass is 199 g/mol. The van der Waals surface area contributed by atoms with Crippen molar-refractivity contribution in [1.29, 1.82) is 0 Å². The standard InChI is InChI=1S/C12H25NO/c1-11(2)14-10-6-5-9-13-12-7-3-4-8-12/h11-13H,3-10H2,1-2H3. The van der Waals surface area contributed by atoms with Gasteiger partial charge < -0.3 is 10.1 Å². The second-order valence-electron chi connectivity index (χ2n) is 4.56. The van der Waals surface area contributed by atoms with Crippen LogP contribution in [0.15, 0.2) is 0 Å². The van der Waals surface area contributed by atoms with E-state index in [-0.39, 0.29) is 0 Å². The molecule has 0 bridgehead atoms. The van der Waals surface area contributed by atoms with Crippen molar-refractivity contribution in [3.05, 3.63) is 0 Å². The van der Waals surface area contributed by atoms with Gasteiger partial charge in [-0.05, 0) is 46.1 Å². The van der Waals surface area contributed by atoms with Crippen molar-refractivity contribution in [2.24, 2.45) is 0 Å². The molecule has 1 saturated carbocycles. The van der Waals surface area contributed by atoms with Crippen molar-refractivity contribution in [3.63, 3.8) is 0 Å². The quantitative estimate of drug-likeness (QED) is 0.637. The van der Waals surface area contributed by atoms with Crippen LogP contribution in [0, 0.1) is 0 Å². The van der Waals surface area contributed by atoms with Gasteiger partial charge in [-0.25, -0.2) is 0 Å². The molecule has 0 aromatic carbocycles. The van der Waals surface area contributed by atoms with Crippen LogP contribution >= 0.6 is 0 Å². The third-order valence-corrected chi connectivity index (χ3v) is 2.81. The van der Waals surface area contributed by atoms with Crippen LogP contribution in [0.4, 0.5) is 0 Å². The number of nitrogens with one attached hydrogen (secondary N) is 1. The molecular formula is C12H25NO. The highest BCUT2D eigenvalue weighted by atomic mass is 16.5. The first-order chi connectivity index (χ1) is 6.79. The SMILES string of the molecule is CC(C)OCCCCNC1CCCC1. The molecule has 1 aliphatic carbocycles. The lowest BCUT2D eigenvalue weighted by Gasteiger charge is -2.11. The summed E-state index contributed by atoms with van der Waals surface area (Å²) in [5.74, 6) is 0. The molecule has 0 saturated heterocycles. The lowest BCUT2D eigenvalue weighted by Crippen LogP contribution is -2.27. The Labute approximate surface area is 88.4 Å². The summed E-state index contributed by atoms with van der Waals surface area (Å²) >= 11 is 0.